The number of carbonyl (C=O) groups is 1. The average molecular weight is 414 g/mol. The average Bonchev–Trinajstić information content (AvgIpc) is 3.43. The van der Waals surface area contributed by atoms with Gasteiger partial charge in [-0.1, -0.05) is 23.9 Å². The Kier molecular flexibility index (Phi) is 6.04. The number of likely N-dealkylation sites (tertiary alicyclic amines) is 1. The minimum absolute atomic E-state index is 0.0701. The maximum absolute atomic E-state index is 12.5. The van der Waals surface area contributed by atoms with Crippen molar-refractivity contribution in [3.05, 3.63) is 60.9 Å². The van der Waals surface area contributed by atoms with Crippen LogP contribution in [-0.4, -0.2) is 49.9 Å². The van der Waals surface area contributed by atoms with Crippen molar-refractivity contribution in [3.63, 3.8) is 0 Å². The van der Waals surface area contributed by atoms with E-state index in [0.717, 1.165) is 23.6 Å². The third-order valence-corrected chi connectivity index (χ3v) is 5.84. The van der Waals surface area contributed by atoms with Gasteiger partial charge in [-0.15, -0.1) is 0 Å². The normalized spacial score (nSPS) is 15.8. The van der Waals surface area contributed by atoms with Crippen LogP contribution in [0.2, 0.25) is 0 Å². The summed E-state index contributed by atoms with van der Waals surface area (Å²) in [4.78, 5) is 31.2. The first kappa shape index (κ1) is 19.4. The van der Waals surface area contributed by atoms with Gasteiger partial charge in [0, 0.05) is 49.8 Å². The van der Waals surface area contributed by atoms with Gasteiger partial charge >= 0.3 is 6.09 Å². The molecule has 1 amide bonds. The quantitative estimate of drug-likeness (QED) is 0.622. The summed E-state index contributed by atoms with van der Waals surface area (Å²) >= 11 is 1.65. The Bertz CT molecular complexity index is 891. The Hall–Kier alpha value is -2.94. The van der Waals surface area contributed by atoms with Crippen LogP contribution < -0.4 is 9.57 Å². The number of carbonyl (C=O) groups excluding carboxylic acids is 1. The van der Waals surface area contributed by atoms with E-state index >= 15 is 0 Å². The number of nitrogens with zero attached hydrogens (tertiary/aromatic N) is 4. The van der Waals surface area contributed by atoms with E-state index in [0.29, 0.717) is 18.8 Å². The second-order valence-electron chi connectivity index (χ2n) is 6.81. The molecular formula is C20H23N5O3S. The van der Waals surface area contributed by atoms with Gasteiger partial charge in [0.2, 0.25) is 0 Å². The molecule has 4 rings (SSSR count). The molecule has 9 heteroatoms. The van der Waals surface area contributed by atoms with Gasteiger partial charge in [-0.05, 0) is 24.6 Å². The van der Waals surface area contributed by atoms with Gasteiger partial charge in [0.25, 0.3) is 0 Å². The summed E-state index contributed by atoms with van der Waals surface area (Å²) in [5.74, 6) is 0.547. The van der Waals surface area contributed by atoms with E-state index in [2.05, 4.69) is 21.9 Å². The predicted molar refractivity (Wildman–Crippen MR) is 109 cm³/mol. The largest absolute Gasteiger partial charge is 0.415 e. The number of amides is 1. The molecule has 1 fully saturated rings. The molecule has 8 nitrogen and oxygen atoms in total. The number of aromatic amines is 1. The van der Waals surface area contributed by atoms with Crippen molar-refractivity contribution in [1.82, 2.24) is 24.6 Å². The fourth-order valence-electron chi connectivity index (χ4n) is 3.15. The third-order valence-electron chi connectivity index (χ3n) is 4.77. The Balaban J connectivity index is 1.25. The van der Waals surface area contributed by atoms with Crippen molar-refractivity contribution >= 4 is 17.9 Å². The number of nitrogens with one attached hydrogen (secondary N) is 1. The molecular weight excluding hydrogens is 390 g/mol. The molecule has 0 aliphatic carbocycles. The Morgan fingerprint density at radius 3 is 2.69 bits per heavy atom. The van der Waals surface area contributed by atoms with Crippen LogP contribution >= 0.6 is 11.8 Å². The number of H-pyrrole nitrogens is 1. The van der Waals surface area contributed by atoms with E-state index in [9.17, 15) is 4.79 Å². The molecule has 3 aromatic rings. The molecule has 3 heterocycles. The highest BCUT2D eigenvalue weighted by Crippen LogP contribution is 2.33. The van der Waals surface area contributed by atoms with Crippen LogP contribution in [0, 0.1) is 0 Å². The summed E-state index contributed by atoms with van der Waals surface area (Å²) in [5.41, 5.74) is 1.14. The molecule has 0 bridgehead atoms. The lowest BCUT2D eigenvalue weighted by Crippen LogP contribution is -2.44. The number of piperidine rings is 1. The summed E-state index contributed by atoms with van der Waals surface area (Å²) in [5, 5.41) is 1.12. The van der Waals surface area contributed by atoms with Crippen molar-refractivity contribution in [2.75, 3.05) is 13.1 Å². The number of ether oxygens (including phenoxy) is 1. The number of benzene rings is 1. The minimum Gasteiger partial charge on any atom is -0.410 e. The SMILES string of the molecule is CC(Sc1ncc[nH]1)c1ccc(OC(=O)N2CCC(On3ccnc3)CC2)cc1. The highest BCUT2D eigenvalue weighted by atomic mass is 32.2. The van der Waals surface area contributed by atoms with Gasteiger partial charge in [-0.3, -0.25) is 0 Å². The first-order valence-electron chi connectivity index (χ1n) is 9.55. The van der Waals surface area contributed by atoms with Gasteiger partial charge in [0.15, 0.2) is 5.16 Å². The monoisotopic (exact) mass is 413 g/mol. The zero-order chi connectivity index (χ0) is 20.1. The van der Waals surface area contributed by atoms with Crippen LogP contribution in [0.1, 0.15) is 30.6 Å². The predicted octanol–water partition coefficient (Wildman–Crippen LogP) is 3.55. The van der Waals surface area contributed by atoms with E-state index in [4.69, 9.17) is 9.57 Å². The minimum atomic E-state index is -0.322. The highest BCUT2D eigenvalue weighted by Gasteiger charge is 2.25. The summed E-state index contributed by atoms with van der Waals surface area (Å²) in [6.45, 7) is 3.32. The Labute approximate surface area is 173 Å². The van der Waals surface area contributed by atoms with Crippen molar-refractivity contribution in [1.29, 1.82) is 0 Å². The summed E-state index contributed by atoms with van der Waals surface area (Å²) in [6.07, 6.45) is 9.87. The number of hydrogen-bond acceptors (Lipinski definition) is 6. The molecule has 1 aliphatic rings. The summed E-state index contributed by atoms with van der Waals surface area (Å²) < 4.78 is 7.14. The number of aromatic nitrogens is 4. The zero-order valence-corrected chi connectivity index (χ0v) is 16.9. The first-order chi connectivity index (χ1) is 14.2. The summed E-state index contributed by atoms with van der Waals surface area (Å²) in [6, 6.07) is 7.63. The fourth-order valence-corrected chi connectivity index (χ4v) is 4.03. The Morgan fingerprint density at radius 1 is 1.24 bits per heavy atom. The number of imidazole rings is 2. The van der Waals surface area contributed by atoms with Crippen LogP contribution in [0.3, 0.4) is 0 Å². The van der Waals surface area contributed by atoms with E-state index in [1.165, 1.54) is 0 Å². The van der Waals surface area contributed by atoms with Crippen LogP contribution in [-0.2, 0) is 0 Å². The molecule has 2 aromatic heterocycles. The van der Waals surface area contributed by atoms with Crippen LogP contribution in [0.25, 0.3) is 0 Å². The molecule has 1 atom stereocenters. The van der Waals surface area contributed by atoms with Gasteiger partial charge in [-0.25, -0.2) is 14.8 Å². The molecule has 0 spiro atoms. The number of rotatable bonds is 6. The van der Waals surface area contributed by atoms with E-state index < -0.39 is 0 Å². The van der Waals surface area contributed by atoms with E-state index in [1.807, 2.05) is 30.5 Å². The van der Waals surface area contributed by atoms with E-state index in [1.54, 1.807) is 46.3 Å². The fraction of sp³-hybridized carbons (Fsp3) is 0.350. The van der Waals surface area contributed by atoms with Crippen molar-refractivity contribution in [3.8, 4) is 5.75 Å². The van der Waals surface area contributed by atoms with Crippen molar-refractivity contribution < 1.29 is 14.4 Å². The second-order valence-corrected chi connectivity index (χ2v) is 8.14. The molecule has 1 saturated heterocycles. The first-order valence-corrected chi connectivity index (χ1v) is 10.4. The van der Waals surface area contributed by atoms with Crippen molar-refractivity contribution in [2.45, 2.75) is 36.3 Å². The maximum Gasteiger partial charge on any atom is 0.415 e. The van der Waals surface area contributed by atoms with Crippen molar-refractivity contribution in [2.24, 2.45) is 0 Å². The van der Waals surface area contributed by atoms with Crippen LogP contribution in [0.5, 0.6) is 5.75 Å². The van der Waals surface area contributed by atoms with Gasteiger partial charge in [0.1, 0.15) is 18.2 Å². The van der Waals surface area contributed by atoms with E-state index in [-0.39, 0.29) is 17.4 Å². The molecule has 0 saturated carbocycles. The molecule has 1 unspecified atom stereocenters. The molecule has 152 valence electrons. The standard InChI is InChI=1S/C20H23N5O3S/c1-15(29-19-22-8-9-23-19)16-2-4-17(5-3-16)27-20(26)24-11-6-18(7-12-24)28-25-13-10-21-14-25/h2-5,8-10,13-15,18H,6-7,11-12H2,1H3,(H,22,23). The molecule has 1 aromatic carbocycles. The Morgan fingerprint density at radius 2 is 2.03 bits per heavy atom. The number of hydrogen-bond donors (Lipinski definition) is 1. The third kappa shape index (κ3) is 5.11. The smallest absolute Gasteiger partial charge is 0.410 e. The molecule has 0 radical (unpaired) electrons. The lowest BCUT2D eigenvalue weighted by Gasteiger charge is -2.31. The highest BCUT2D eigenvalue weighted by molar-refractivity contribution is 7.99. The maximum atomic E-state index is 12.5. The topological polar surface area (TPSA) is 85.3 Å². The summed E-state index contributed by atoms with van der Waals surface area (Å²) in [7, 11) is 0. The zero-order valence-electron chi connectivity index (χ0n) is 16.1. The van der Waals surface area contributed by atoms with Gasteiger partial charge in [0.05, 0.1) is 6.20 Å². The molecule has 29 heavy (non-hydrogen) atoms. The molecule has 1 aliphatic heterocycles. The van der Waals surface area contributed by atoms with Crippen LogP contribution in [0.4, 0.5) is 4.79 Å². The van der Waals surface area contributed by atoms with Gasteiger partial charge in [-0.2, -0.15) is 4.73 Å². The second kappa shape index (κ2) is 9.04. The van der Waals surface area contributed by atoms with Gasteiger partial charge < -0.3 is 19.5 Å². The lowest BCUT2D eigenvalue weighted by molar-refractivity contribution is -0.0000186. The number of thioether (sulfide) groups is 1. The van der Waals surface area contributed by atoms with Crippen LogP contribution in [0.15, 0.2) is 60.5 Å². The lowest BCUT2D eigenvalue weighted by atomic mass is 10.1. The molecule has 1 N–H and O–H groups in total.